The Bertz CT molecular complexity index is 580. The molecule has 0 aliphatic rings. The molecule has 0 aliphatic heterocycles. The van der Waals surface area contributed by atoms with Crippen LogP contribution in [0.4, 0.5) is 11.8 Å². The molecule has 6 heteroatoms. The van der Waals surface area contributed by atoms with E-state index in [4.69, 9.17) is 0 Å². The second-order valence-electron chi connectivity index (χ2n) is 5.25. The van der Waals surface area contributed by atoms with Crippen LogP contribution in [0.15, 0.2) is 11.4 Å². The highest BCUT2D eigenvalue weighted by atomic mass is 32.1. The minimum atomic E-state index is -0.690. The van der Waals surface area contributed by atoms with Crippen LogP contribution in [0.5, 0.6) is 0 Å². The van der Waals surface area contributed by atoms with E-state index in [0.717, 1.165) is 41.8 Å². The smallest absolute Gasteiger partial charge is 0.226 e. The lowest BCUT2D eigenvalue weighted by Crippen LogP contribution is -2.35. The van der Waals surface area contributed by atoms with Crippen molar-refractivity contribution >= 4 is 33.3 Å². The summed E-state index contributed by atoms with van der Waals surface area (Å²) in [5.74, 6) is 1.44. The molecule has 116 valence electrons. The lowest BCUT2D eigenvalue weighted by atomic mass is 9.98. The van der Waals surface area contributed by atoms with Crippen LogP contribution in [0, 0.1) is 0 Å². The average molecular weight is 308 g/mol. The number of nitrogens with zero attached hydrogens (tertiary/aromatic N) is 2. The Hall–Kier alpha value is -1.40. The third kappa shape index (κ3) is 3.83. The molecule has 0 amide bonds. The van der Waals surface area contributed by atoms with Gasteiger partial charge in [-0.2, -0.15) is 4.98 Å². The minimum Gasteiger partial charge on any atom is -0.388 e. The fourth-order valence-corrected chi connectivity index (χ4v) is 2.82. The minimum absolute atomic E-state index is 0.495. The summed E-state index contributed by atoms with van der Waals surface area (Å²) in [6.07, 6.45) is 2.46. The van der Waals surface area contributed by atoms with E-state index in [2.05, 4.69) is 27.5 Å². The zero-order chi connectivity index (χ0) is 15.3. The topological polar surface area (TPSA) is 70.1 Å². The van der Waals surface area contributed by atoms with E-state index < -0.39 is 5.60 Å². The van der Waals surface area contributed by atoms with E-state index >= 15 is 0 Å². The summed E-state index contributed by atoms with van der Waals surface area (Å²) in [4.78, 5) is 10.0. The van der Waals surface area contributed by atoms with Gasteiger partial charge in [0.2, 0.25) is 5.95 Å². The quantitative estimate of drug-likeness (QED) is 0.696. The number of anilines is 2. The van der Waals surface area contributed by atoms with Crippen LogP contribution < -0.4 is 10.6 Å². The van der Waals surface area contributed by atoms with Crippen molar-refractivity contribution in [3.63, 3.8) is 0 Å². The van der Waals surface area contributed by atoms with E-state index in [1.165, 1.54) is 0 Å². The molecule has 0 atom stereocenters. The van der Waals surface area contributed by atoms with Crippen LogP contribution in [0.2, 0.25) is 0 Å². The second kappa shape index (κ2) is 7.04. The number of rotatable bonds is 8. The number of fused-ring (bicyclic) bond motifs is 1. The first-order valence-corrected chi connectivity index (χ1v) is 8.45. The van der Waals surface area contributed by atoms with Crippen molar-refractivity contribution < 1.29 is 5.11 Å². The second-order valence-corrected chi connectivity index (χ2v) is 6.14. The Kier molecular flexibility index (Phi) is 5.36. The summed E-state index contributed by atoms with van der Waals surface area (Å²) >= 11 is 1.60. The van der Waals surface area contributed by atoms with Crippen LogP contribution in [0.1, 0.15) is 40.0 Å². The van der Waals surface area contributed by atoms with Crippen molar-refractivity contribution in [2.45, 2.75) is 45.6 Å². The molecular formula is C15H24N4OS. The lowest BCUT2D eigenvalue weighted by molar-refractivity contribution is 0.0456. The third-order valence-electron chi connectivity index (χ3n) is 3.76. The summed E-state index contributed by atoms with van der Waals surface area (Å²) in [5.41, 5.74) is -0.690. The molecule has 2 heterocycles. The van der Waals surface area contributed by atoms with Gasteiger partial charge in [0, 0.05) is 13.1 Å². The molecule has 0 saturated carbocycles. The molecule has 0 unspecified atom stereocenters. The maximum atomic E-state index is 10.4. The Morgan fingerprint density at radius 3 is 2.62 bits per heavy atom. The molecule has 3 N–H and O–H groups in total. The maximum absolute atomic E-state index is 10.4. The van der Waals surface area contributed by atoms with Gasteiger partial charge < -0.3 is 15.7 Å². The summed E-state index contributed by atoms with van der Waals surface area (Å²) in [5, 5.41) is 20.0. The van der Waals surface area contributed by atoms with E-state index in [-0.39, 0.29) is 0 Å². The molecule has 21 heavy (non-hydrogen) atoms. The van der Waals surface area contributed by atoms with Crippen molar-refractivity contribution in [3.8, 4) is 0 Å². The van der Waals surface area contributed by atoms with Crippen LogP contribution in [0.3, 0.4) is 0 Å². The molecule has 0 aromatic carbocycles. The van der Waals surface area contributed by atoms with Gasteiger partial charge in [0.25, 0.3) is 0 Å². The molecule has 0 fully saturated rings. The highest BCUT2D eigenvalue weighted by Gasteiger charge is 2.22. The molecule has 2 rings (SSSR count). The number of nitrogens with one attached hydrogen (secondary N) is 2. The third-order valence-corrected chi connectivity index (χ3v) is 4.57. The SMILES string of the molecule is CCCNc1nc(NCC(O)(CC)CC)c2ccsc2n1. The Morgan fingerprint density at radius 2 is 1.95 bits per heavy atom. The first kappa shape index (κ1) is 16.0. The zero-order valence-electron chi connectivity index (χ0n) is 12.9. The summed E-state index contributed by atoms with van der Waals surface area (Å²) in [6.45, 7) is 7.46. The van der Waals surface area contributed by atoms with Gasteiger partial charge in [-0.05, 0) is 30.7 Å². The Labute approximate surface area is 129 Å². The normalized spacial score (nSPS) is 11.8. The molecule has 5 nitrogen and oxygen atoms in total. The number of aromatic nitrogens is 2. The highest BCUT2D eigenvalue weighted by Crippen LogP contribution is 2.27. The van der Waals surface area contributed by atoms with E-state index in [1.807, 2.05) is 25.3 Å². The fourth-order valence-electron chi connectivity index (χ4n) is 2.05. The van der Waals surface area contributed by atoms with Gasteiger partial charge in [0.15, 0.2) is 0 Å². The molecule has 0 saturated heterocycles. The predicted molar refractivity (Wildman–Crippen MR) is 90.2 cm³/mol. The van der Waals surface area contributed by atoms with Gasteiger partial charge in [0.05, 0.1) is 11.0 Å². The van der Waals surface area contributed by atoms with Crippen LogP contribution in [-0.2, 0) is 0 Å². The first-order valence-electron chi connectivity index (χ1n) is 7.57. The average Bonchev–Trinajstić information content (AvgIpc) is 2.98. The maximum Gasteiger partial charge on any atom is 0.226 e. The van der Waals surface area contributed by atoms with Gasteiger partial charge in [-0.25, -0.2) is 4.98 Å². The van der Waals surface area contributed by atoms with Crippen LogP contribution >= 0.6 is 11.3 Å². The first-order chi connectivity index (χ1) is 10.1. The fraction of sp³-hybridized carbons (Fsp3) is 0.600. The largest absolute Gasteiger partial charge is 0.388 e. The Balaban J connectivity index is 2.22. The molecule has 2 aromatic rings. The number of hydrogen-bond donors (Lipinski definition) is 3. The van der Waals surface area contributed by atoms with Gasteiger partial charge in [0.1, 0.15) is 10.6 Å². The summed E-state index contributed by atoms with van der Waals surface area (Å²) in [7, 11) is 0. The van der Waals surface area contributed by atoms with Gasteiger partial charge in [-0.15, -0.1) is 11.3 Å². The zero-order valence-corrected chi connectivity index (χ0v) is 13.8. The van der Waals surface area contributed by atoms with Crippen molar-refractivity contribution in [2.24, 2.45) is 0 Å². The Morgan fingerprint density at radius 1 is 1.19 bits per heavy atom. The number of hydrogen-bond acceptors (Lipinski definition) is 6. The van der Waals surface area contributed by atoms with Crippen molar-refractivity contribution in [1.82, 2.24) is 9.97 Å². The molecule has 0 bridgehead atoms. The van der Waals surface area contributed by atoms with E-state index in [9.17, 15) is 5.11 Å². The molecule has 0 aliphatic carbocycles. The lowest BCUT2D eigenvalue weighted by Gasteiger charge is -2.25. The van der Waals surface area contributed by atoms with E-state index in [0.29, 0.717) is 12.5 Å². The van der Waals surface area contributed by atoms with Crippen LogP contribution in [-0.4, -0.2) is 33.8 Å². The van der Waals surface area contributed by atoms with Crippen molar-refractivity contribution in [1.29, 1.82) is 0 Å². The predicted octanol–water partition coefficient (Wildman–Crippen LogP) is 3.48. The van der Waals surface area contributed by atoms with Crippen molar-refractivity contribution in [2.75, 3.05) is 23.7 Å². The summed E-state index contributed by atoms with van der Waals surface area (Å²) in [6, 6.07) is 2.02. The molecule has 2 aromatic heterocycles. The molecule has 0 spiro atoms. The highest BCUT2D eigenvalue weighted by molar-refractivity contribution is 7.16. The molecular weight excluding hydrogens is 284 g/mol. The molecule has 0 radical (unpaired) electrons. The number of thiophene rings is 1. The van der Waals surface area contributed by atoms with E-state index in [1.54, 1.807) is 11.3 Å². The van der Waals surface area contributed by atoms with Crippen molar-refractivity contribution in [3.05, 3.63) is 11.4 Å². The van der Waals surface area contributed by atoms with Gasteiger partial charge in [-0.1, -0.05) is 20.8 Å². The van der Waals surface area contributed by atoms with Gasteiger partial charge in [-0.3, -0.25) is 0 Å². The summed E-state index contributed by atoms with van der Waals surface area (Å²) < 4.78 is 0. The standard InChI is InChI=1S/C15H24N4OS/c1-4-8-16-14-18-12(11-7-9-21-13(11)19-14)17-10-15(20,5-2)6-3/h7,9,20H,4-6,8,10H2,1-3H3,(H2,16,17,18,19). The monoisotopic (exact) mass is 308 g/mol. The number of aliphatic hydroxyl groups is 1. The van der Waals surface area contributed by atoms with Gasteiger partial charge >= 0.3 is 0 Å². The van der Waals surface area contributed by atoms with Crippen LogP contribution in [0.25, 0.3) is 10.2 Å².